The van der Waals surface area contributed by atoms with Gasteiger partial charge in [0, 0.05) is 6.61 Å². The van der Waals surface area contributed by atoms with Crippen molar-refractivity contribution in [1.29, 1.82) is 0 Å². The summed E-state index contributed by atoms with van der Waals surface area (Å²) in [5.41, 5.74) is 0.615. The zero-order valence-electron chi connectivity index (χ0n) is 11.5. The Morgan fingerprint density at radius 3 is 2.68 bits per heavy atom. The van der Waals surface area contributed by atoms with E-state index in [2.05, 4.69) is 0 Å². The summed E-state index contributed by atoms with van der Waals surface area (Å²) in [6, 6.07) is 6.20. The van der Waals surface area contributed by atoms with Crippen LogP contribution in [0.1, 0.15) is 50.7 Å². The number of hydrogen-bond donors (Lipinski definition) is 1. The molecule has 3 heteroatoms. The maximum atomic E-state index is 13.3. The summed E-state index contributed by atoms with van der Waals surface area (Å²) < 4.78 is 19.0. The molecule has 0 radical (unpaired) electrons. The fraction of sp³-hybridized carbons (Fsp3) is 0.625. The number of ether oxygens (including phenoxy) is 1. The van der Waals surface area contributed by atoms with Gasteiger partial charge in [-0.15, -0.1) is 0 Å². The molecule has 1 fully saturated rings. The molecule has 0 amide bonds. The van der Waals surface area contributed by atoms with Crippen LogP contribution in [0.4, 0.5) is 4.39 Å². The van der Waals surface area contributed by atoms with Gasteiger partial charge in [-0.05, 0) is 43.4 Å². The van der Waals surface area contributed by atoms with E-state index < -0.39 is 6.10 Å². The first kappa shape index (κ1) is 14.5. The van der Waals surface area contributed by atoms with Gasteiger partial charge in [-0.3, -0.25) is 0 Å². The Morgan fingerprint density at radius 2 is 2.05 bits per heavy atom. The summed E-state index contributed by atoms with van der Waals surface area (Å²) in [7, 11) is 0. The third-order valence-electron chi connectivity index (χ3n) is 3.97. The molecule has 1 aliphatic carbocycles. The lowest BCUT2D eigenvalue weighted by atomic mass is 9.82. The van der Waals surface area contributed by atoms with Gasteiger partial charge in [0.25, 0.3) is 0 Å². The largest absolute Gasteiger partial charge is 0.386 e. The predicted octanol–water partition coefficient (Wildman–Crippen LogP) is 3.84. The van der Waals surface area contributed by atoms with Crippen LogP contribution in [0.2, 0.25) is 0 Å². The molecule has 106 valence electrons. The van der Waals surface area contributed by atoms with Gasteiger partial charge in [0.15, 0.2) is 0 Å². The molecule has 1 saturated carbocycles. The van der Waals surface area contributed by atoms with Crippen LogP contribution in [0.15, 0.2) is 24.3 Å². The van der Waals surface area contributed by atoms with E-state index in [1.54, 1.807) is 12.1 Å². The van der Waals surface area contributed by atoms with E-state index in [1.807, 2.05) is 6.92 Å². The van der Waals surface area contributed by atoms with Crippen molar-refractivity contribution < 1.29 is 14.2 Å². The molecule has 0 bridgehead atoms. The molecule has 0 aliphatic heterocycles. The van der Waals surface area contributed by atoms with Crippen molar-refractivity contribution in [3.8, 4) is 0 Å². The molecule has 19 heavy (non-hydrogen) atoms. The highest BCUT2D eigenvalue weighted by Gasteiger charge is 2.31. The lowest BCUT2D eigenvalue weighted by Crippen LogP contribution is -2.32. The van der Waals surface area contributed by atoms with Crippen molar-refractivity contribution in [1.82, 2.24) is 0 Å². The lowest BCUT2D eigenvalue weighted by Gasteiger charge is -2.33. The summed E-state index contributed by atoms with van der Waals surface area (Å²) in [5, 5.41) is 10.5. The topological polar surface area (TPSA) is 29.5 Å². The zero-order valence-corrected chi connectivity index (χ0v) is 11.5. The second-order valence-corrected chi connectivity index (χ2v) is 5.32. The molecule has 2 unspecified atom stereocenters. The Kier molecular flexibility index (Phi) is 5.34. The number of aliphatic hydroxyl groups is 1. The van der Waals surface area contributed by atoms with Crippen molar-refractivity contribution in [2.75, 3.05) is 6.61 Å². The van der Waals surface area contributed by atoms with E-state index in [0.29, 0.717) is 18.1 Å². The Balaban J connectivity index is 2.12. The second kappa shape index (κ2) is 7.01. The Labute approximate surface area is 114 Å². The third-order valence-corrected chi connectivity index (χ3v) is 3.97. The zero-order chi connectivity index (χ0) is 13.7. The minimum Gasteiger partial charge on any atom is -0.386 e. The SMILES string of the molecule is CCOC(C1CCCCC1)C(O)c1cccc(F)c1. The lowest BCUT2D eigenvalue weighted by molar-refractivity contribution is -0.0740. The van der Waals surface area contributed by atoms with Crippen LogP contribution < -0.4 is 0 Å². The Hall–Kier alpha value is -0.930. The molecule has 2 nitrogen and oxygen atoms in total. The molecule has 0 saturated heterocycles. The predicted molar refractivity (Wildman–Crippen MR) is 73.3 cm³/mol. The van der Waals surface area contributed by atoms with E-state index >= 15 is 0 Å². The smallest absolute Gasteiger partial charge is 0.123 e. The van der Waals surface area contributed by atoms with Crippen molar-refractivity contribution in [2.24, 2.45) is 5.92 Å². The van der Waals surface area contributed by atoms with Crippen molar-refractivity contribution in [3.05, 3.63) is 35.6 Å². The summed E-state index contributed by atoms with van der Waals surface area (Å²) in [4.78, 5) is 0. The van der Waals surface area contributed by atoms with Crippen molar-refractivity contribution in [2.45, 2.75) is 51.2 Å². The number of aliphatic hydroxyl groups excluding tert-OH is 1. The fourth-order valence-electron chi connectivity index (χ4n) is 3.02. The van der Waals surface area contributed by atoms with Gasteiger partial charge in [0.05, 0.1) is 6.10 Å². The standard InChI is InChI=1S/C16H23FO2/c1-2-19-16(12-7-4-3-5-8-12)15(18)13-9-6-10-14(17)11-13/h6,9-12,15-16,18H,2-5,7-8H2,1H3. The van der Waals surface area contributed by atoms with Crippen LogP contribution >= 0.6 is 0 Å². The van der Waals surface area contributed by atoms with Crippen LogP contribution in [0, 0.1) is 11.7 Å². The summed E-state index contributed by atoms with van der Waals surface area (Å²) in [5.74, 6) is 0.0717. The van der Waals surface area contributed by atoms with Gasteiger partial charge in [-0.2, -0.15) is 0 Å². The van der Waals surface area contributed by atoms with Crippen LogP contribution in [0.3, 0.4) is 0 Å². The molecule has 2 atom stereocenters. The van der Waals surface area contributed by atoms with Crippen molar-refractivity contribution >= 4 is 0 Å². The van der Waals surface area contributed by atoms with Gasteiger partial charge in [0.2, 0.25) is 0 Å². The third kappa shape index (κ3) is 3.77. The van der Waals surface area contributed by atoms with Gasteiger partial charge in [-0.25, -0.2) is 4.39 Å². The van der Waals surface area contributed by atoms with E-state index in [0.717, 1.165) is 12.8 Å². The molecule has 0 spiro atoms. The normalized spacial score (nSPS) is 20.2. The molecular weight excluding hydrogens is 243 g/mol. The monoisotopic (exact) mass is 266 g/mol. The Bertz CT molecular complexity index is 388. The molecule has 0 aromatic heterocycles. The first-order chi connectivity index (χ1) is 9.22. The highest BCUT2D eigenvalue weighted by atomic mass is 19.1. The minimum absolute atomic E-state index is 0.216. The first-order valence-corrected chi connectivity index (χ1v) is 7.27. The van der Waals surface area contributed by atoms with Gasteiger partial charge >= 0.3 is 0 Å². The summed E-state index contributed by atoms with van der Waals surface area (Å²) in [6.07, 6.45) is 4.90. The van der Waals surface area contributed by atoms with Crippen LogP contribution in [0.5, 0.6) is 0 Å². The van der Waals surface area contributed by atoms with Crippen LogP contribution in [0.25, 0.3) is 0 Å². The Morgan fingerprint density at radius 1 is 1.32 bits per heavy atom. The van der Waals surface area contributed by atoms with Gasteiger partial charge in [0.1, 0.15) is 11.9 Å². The molecule has 1 aromatic carbocycles. The van der Waals surface area contributed by atoms with E-state index in [4.69, 9.17) is 4.74 Å². The molecular formula is C16H23FO2. The first-order valence-electron chi connectivity index (χ1n) is 7.27. The van der Waals surface area contributed by atoms with Crippen molar-refractivity contribution in [3.63, 3.8) is 0 Å². The maximum absolute atomic E-state index is 13.3. The number of benzene rings is 1. The molecule has 1 N–H and O–H groups in total. The second-order valence-electron chi connectivity index (χ2n) is 5.32. The summed E-state index contributed by atoms with van der Waals surface area (Å²) >= 11 is 0. The van der Waals surface area contributed by atoms with E-state index in [9.17, 15) is 9.50 Å². The molecule has 0 heterocycles. The average Bonchev–Trinajstić information content (AvgIpc) is 2.45. The quantitative estimate of drug-likeness (QED) is 0.877. The highest BCUT2D eigenvalue weighted by molar-refractivity contribution is 5.20. The summed E-state index contributed by atoms with van der Waals surface area (Å²) in [6.45, 7) is 2.52. The van der Waals surface area contributed by atoms with E-state index in [-0.39, 0.29) is 11.9 Å². The van der Waals surface area contributed by atoms with Gasteiger partial charge < -0.3 is 9.84 Å². The fourth-order valence-corrected chi connectivity index (χ4v) is 3.02. The minimum atomic E-state index is -0.737. The van der Waals surface area contributed by atoms with Gasteiger partial charge in [-0.1, -0.05) is 31.4 Å². The highest BCUT2D eigenvalue weighted by Crippen LogP contribution is 2.34. The average molecular weight is 266 g/mol. The molecule has 1 aliphatic rings. The number of rotatable bonds is 5. The molecule has 2 rings (SSSR count). The molecule has 1 aromatic rings. The maximum Gasteiger partial charge on any atom is 0.123 e. The number of hydrogen-bond acceptors (Lipinski definition) is 2. The van der Waals surface area contributed by atoms with E-state index in [1.165, 1.54) is 31.4 Å². The van der Waals surface area contributed by atoms with Crippen LogP contribution in [-0.2, 0) is 4.74 Å². The number of halogens is 1. The van der Waals surface area contributed by atoms with Crippen LogP contribution in [-0.4, -0.2) is 17.8 Å².